The second kappa shape index (κ2) is 12.0. The fraction of sp³-hybridized carbons (Fsp3) is 0.448. The number of carbonyl (C=O) groups excluding carboxylic acids is 2. The second-order valence-corrected chi connectivity index (χ2v) is 14.7. The van der Waals surface area contributed by atoms with Crippen molar-refractivity contribution in [1.29, 1.82) is 0 Å². The van der Waals surface area contributed by atoms with E-state index in [-0.39, 0.29) is 24.8 Å². The number of nitrogens with zero attached hydrogens (tertiary/aromatic N) is 4. The molecule has 8 nitrogen and oxygen atoms in total. The average Bonchev–Trinajstić information content (AvgIpc) is 3.17. The summed E-state index contributed by atoms with van der Waals surface area (Å²) < 4.78 is 6.02. The second-order valence-electron chi connectivity index (χ2n) is 10.7. The Kier molecular flexibility index (Phi) is 9.20. The minimum Gasteiger partial charge on any atom is -0.440 e. The molecule has 0 aliphatic carbocycles. The van der Waals surface area contributed by atoms with Crippen LogP contribution in [0.4, 0.5) is 4.79 Å². The molecule has 0 aromatic heterocycles. The van der Waals surface area contributed by atoms with Gasteiger partial charge >= 0.3 is 6.09 Å². The maximum Gasteiger partial charge on any atom is 0.411 e. The molecule has 202 valence electrons. The van der Waals surface area contributed by atoms with Gasteiger partial charge in [0.2, 0.25) is 0 Å². The summed E-state index contributed by atoms with van der Waals surface area (Å²) in [7, 11) is -3.30. The van der Waals surface area contributed by atoms with Crippen LogP contribution in [0.5, 0.6) is 0 Å². The molecule has 0 unspecified atom stereocenters. The number of amides is 1. The molecule has 1 N–H and O–H groups in total. The van der Waals surface area contributed by atoms with Gasteiger partial charge in [-0.1, -0.05) is 98.7 Å². The van der Waals surface area contributed by atoms with E-state index in [4.69, 9.17) is 10.3 Å². The Labute approximate surface area is 226 Å². The van der Waals surface area contributed by atoms with Gasteiger partial charge in [-0.15, -0.1) is 0 Å². The zero-order valence-corrected chi connectivity index (χ0v) is 23.9. The van der Waals surface area contributed by atoms with E-state index in [9.17, 15) is 14.4 Å². The molecule has 0 spiro atoms. The summed E-state index contributed by atoms with van der Waals surface area (Å²) >= 11 is 0. The van der Waals surface area contributed by atoms with Gasteiger partial charge in [0, 0.05) is 23.9 Å². The molecule has 1 aliphatic rings. The van der Waals surface area contributed by atoms with Crippen LogP contribution < -0.4 is 10.4 Å². The molecule has 0 saturated carbocycles. The lowest BCUT2D eigenvalue weighted by Crippen LogP contribution is -2.66. The van der Waals surface area contributed by atoms with Gasteiger partial charge in [-0.25, -0.2) is 4.79 Å². The highest BCUT2D eigenvalue weighted by atomic mass is 28.4. The van der Waals surface area contributed by atoms with Crippen LogP contribution in [0.1, 0.15) is 47.5 Å². The van der Waals surface area contributed by atoms with Crippen molar-refractivity contribution < 1.29 is 19.1 Å². The van der Waals surface area contributed by atoms with Crippen molar-refractivity contribution in [1.82, 2.24) is 4.90 Å². The fourth-order valence-corrected chi connectivity index (χ4v) is 9.78. The van der Waals surface area contributed by atoms with Crippen LogP contribution >= 0.6 is 0 Å². The Morgan fingerprint density at radius 1 is 1.18 bits per heavy atom. The number of carbonyl (C=O) groups is 2. The summed E-state index contributed by atoms with van der Waals surface area (Å²) in [6.07, 6.45) is 4.02. The maximum absolute atomic E-state index is 13.0. The number of azide groups is 1. The summed E-state index contributed by atoms with van der Waals surface area (Å²) in [6, 6.07) is 18.9. The van der Waals surface area contributed by atoms with E-state index in [0.29, 0.717) is 12.8 Å². The summed E-state index contributed by atoms with van der Waals surface area (Å²) in [4.78, 5) is 42.8. The largest absolute Gasteiger partial charge is 0.440 e. The van der Waals surface area contributed by atoms with E-state index in [1.807, 2.05) is 74.5 Å². The Hall–Kier alpha value is -3.39. The molecular weight excluding hydrogens is 496 g/mol. The molecule has 1 heterocycles. The maximum atomic E-state index is 13.0. The van der Waals surface area contributed by atoms with E-state index in [1.165, 1.54) is 11.8 Å². The number of hydrogen-bond donors (Lipinski definition) is 1. The van der Waals surface area contributed by atoms with Crippen LogP contribution in [0.2, 0.25) is 5.04 Å². The Morgan fingerprint density at radius 3 is 2.21 bits per heavy atom. The molecule has 1 saturated heterocycles. The Balaban J connectivity index is 2.00. The molecule has 2 aromatic rings. The third-order valence-corrected chi connectivity index (χ3v) is 12.4. The zero-order valence-electron chi connectivity index (χ0n) is 22.9. The van der Waals surface area contributed by atoms with Crippen LogP contribution in [0.15, 0.2) is 77.9 Å². The third kappa shape index (κ3) is 5.55. The van der Waals surface area contributed by atoms with Gasteiger partial charge in [-0.3, -0.25) is 9.69 Å². The quantitative estimate of drug-likeness (QED) is 0.136. The topological polar surface area (TPSA) is 116 Å². The third-order valence-electron chi connectivity index (χ3n) is 7.92. The SMILES string of the molecule is CC[C@@H](CC(C)(C)[Si](O)(c1ccccc1)c1ccccc1)[C@@]1(C)OC(=O)N(C/C=C/CN=[N+]=[N-])[C@@H]1C(C)=O. The minimum atomic E-state index is -3.30. The van der Waals surface area contributed by atoms with E-state index in [1.54, 1.807) is 12.2 Å². The van der Waals surface area contributed by atoms with Crippen molar-refractivity contribution in [2.45, 2.75) is 64.1 Å². The van der Waals surface area contributed by atoms with Gasteiger partial charge in [0.15, 0.2) is 5.78 Å². The van der Waals surface area contributed by atoms with Crippen LogP contribution in [-0.4, -0.2) is 54.6 Å². The van der Waals surface area contributed by atoms with Gasteiger partial charge < -0.3 is 9.53 Å². The van der Waals surface area contributed by atoms with Crippen molar-refractivity contribution in [3.8, 4) is 0 Å². The summed E-state index contributed by atoms with van der Waals surface area (Å²) in [5.74, 6) is -0.351. The first-order valence-corrected chi connectivity index (χ1v) is 15.0. The first-order chi connectivity index (χ1) is 18.0. The van der Waals surface area contributed by atoms with E-state index < -0.39 is 31.1 Å². The van der Waals surface area contributed by atoms with Crippen LogP contribution in [0, 0.1) is 5.92 Å². The van der Waals surface area contributed by atoms with E-state index in [2.05, 4.69) is 23.9 Å². The van der Waals surface area contributed by atoms with Gasteiger partial charge in [-0.2, -0.15) is 0 Å². The number of ether oxygens (including phenoxy) is 1. The predicted octanol–water partition coefficient (Wildman–Crippen LogP) is 4.97. The molecule has 9 heteroatoms. The number of benzene rings is 2. The van der Waals surface area contributed by atoms with Gasteiger partial charge in [0.05, 0.1) is 0 Å². The normalized spacial score (nSPS) is 20.7. The van der Waals surface area contributed by atoms with E-state index in [0.717, 1.165) is 10.4 Å². The first-order valence-electron chi connectivity index (χ1n) is 13.0. The highest BCUT2D eigenvalue weighted by Gasteiger charge is 2.59. The lowest BCUT2D eigenvalue weighted by atomic mass is 9.75. The first kappa shape index (κ1) is 29.2. The smallest absolute Gasteiger partial charge is 0.411 e. The molecule has 38 heavy (non-hydrogen) atoms. The lowest BCUT2D eigenvalue weighted by Gasteiger charge is -2.46. The van der Waals surface area contributed by atoms with Crippen molar-refractivity contribution in [3.63, 3.8) is 0 Å². The molecule has 1 aliphatic heterocycles. The number of cyclic esters (lactones) is 1. The van der Waals surface area contributed by atoms with Gasteiger partial charge in [-0.05, 0) is 47.6 Å². The van der Waals surface area contributed by atoms with Crippen LogP contribution in [-0.2, 0) is 9.53 Å². The Morgan fingerprint density at radius 2 is 1.74 bits per heavy atom. The zero-order chi connectivity index (χ0) is 28.0. The molecule has 3 atom stereocenters. The van der Waals surface area contributed by atoms with Crippen LogP contribution in [0.25, 0.3) is 10.4 Å². The molecule has 3 rings (SSSR count). The van der Waals surface area contributed by atoms with Crippen LogP contribution in [0.3, 0.4) is 0 Å². The van der Waals surface area contributed by atoms with Crippen molar-refractivity contribution in [2.24, 2.45) is 11.0 Å². The molecule has 2 aromatic carbocycles. The molecule has 1 amide bonds. The minimum absolute atomic E-state index is 0.156. The monoisotopic (exact) mass is 534 g/mol. The molecule has 1 fully saturated rings. The summed E-state index contributed by atoms with van der Waals surface area (Å²) in [5.41, 5.74) is 7.39. The highest BCUT2D eigenvalue weighted by molar-refractivity contribution is 6.98. The predicted molar refractivity (Wildman–Crippen MR) is 152 cm³/mol. The number of hydrogen-bond acceptors (Lipinski definition) is 5. The average molecular weight is 535 g/mol. The lowest BCUT2D eigenvalue weighted by molar-refractivity contribution is -0.126. The highest BCUT2D eigenvalue weighted by Crippen LogP contribution is 2.48. The molecular formula is C29H38N4O4Si. The van der Waals surface area contributed by atoms with Crippen molar-refractivity contribution >= 4 is 30.6 Å². The van der Waals surface area contributed by atoms with Gasteiger partial charge in [0.25, 0.3) is 8.32 Å². The number of Topliss-reactive ketones (excluding diaryl/α,β-unsaturated/α-hetero) is 1. The standard InChI is InChI=1S/C29H38N4O4Si/c1-6-23(29(5)26(22(2)34)33(27(35)37-29)20-14-13-19-31-32-30)21-28(3,4)38(36,24-15-9-7-10-16-24)25-17-11-8-12-18-25/h7-18,23,26,36H,6,19-21H2,1-5H3/b14-13+/t23-,26+,29+/m0/s1. The number of ketones is 1. The summed E-state index contributed by atoms with van der Waals surface area (Å²) in [5, 5.41) is 4.71. The summed E-state index contributed by atoms with van der Waals surface area (Å²) in [6.45, 7) is 9.86. The van der Waals surface area contributed by atoms with Gasteiger partial charge in [0.1, 0.15) is 11.6 Å². The van der Waals surface area contributed by atoms with Crippen molar-refractivity contribution in [2.75, 3.05) is 13.1 Å². The number of rotatable bonds is 12. The van der Waals surface area contributed by atoms with Crippen molar-refractivity contribution in [3.05, 3.63) is 83.3 Å². The van der Waals surface area contributed by atoms with E-state index >= 15 is 0 Å². The molecule has 0 bridgehead atoms. The molecule has 0 radical (unpaired) electrons. The Bertz CT molecular complexity index is 1160. The fourth-order valence-electron chi connectivity index (χ4n) is 6.00.